The normalized spacial score (nSPS) is 19.7. The zero-order valence-electron chi connectivity index (χ0n) is 13.3. The van der Waals surface area contributed by atoms with E-state index >= 15 is 0 Å². The van der Waals surface area contributed by atoms with Crippen molar-refractivity contribution in [1.29, 1.82) is 0 Å². The van der Waals surface area contributed by atoms with Crippen molar-refractivity contribution in [2.75, 3.05) is 11.9 Å². The number of aromatic nitrogens is 1. The number of urea groups is 1. The molecule has 7 nitrogen and oxygen atoms in total. The summed E-state index contributed by atoms with van der Waals surface area (Å²) >= 11 is 5.88. The van der Waals surface area contributed by atoms with E-state index in [1.54, 1.807) is 43.3 Å². The number of amides is 4. The molecule has 4 amide bonds. The third-order valence-electron chi connectivity index (χ3n) is 3.96. The molecule has 1 aliphatic heterocycles. The standard InChI is InChI=1S/C17H15ClN4O3/c1-17(11-6-3-2-4-7-11)15(24)22(16(25)21-17)10-13(23)20-12-8-5-9-19-14(12)18/h2-9H,10H2,1H3,(H,20,23)(H,21,25). The fourth-order valence-corrected chi connectivity index (χ4v) is 2.79. The number of anilines is 1. The zero-order chi connectivity index (χ0) is 18.0. The number of nitrogens with zero attached hydrogens (tertiary/aromatic N) is 2. The summed E-state index contributed by atoms with van der Waals surface area (Å²) in [6, 6.07) is 11.4. The van der Waals surface area contributed by atoms with Crippen molar-refractivity contribution in [3.63, 3.8) is 0 Å². The van der Waals surface area contributed by atoms with Crippen LogP contribution in [0.1, 0.15) is 12.5 Å². The molecule has 8 heteroatoms. The minimum absolute atomic E-state index is 0.127. The topological polar surface area (TPSA) is 91.4 Å². The second kappa shape index (κ2) is 6.52. The molecule has 1 atom stereocenters. The van der Waals surface area contributed by atoms with E-state index in [4.69, 9.17) is 11.6 Å². The van der Waals surface area contributed by atoms with E-state index in [-0.39, 0.29) is 5.15 Å². The first kappa shape index (κ1) is 16.9. The fraction of sp³-hybridized carbons (Fsp3) is 0.176. The largest absolute Gasteiger partial charge is 0.325 e. The molecule has 1 aliphatic rings. The molecule has 2 heterocycles. The van der Waals surface area contributed by atoms with Crippen LogP contribution in [0.4, 0.5) is 10.5 Å². The van der Waals surface area contributed by atoms with Crippen molar-refractivity contribution in [3.8, 4) is 0 Å². The van der Waals surface area contributed by atoms with Gasteiger partial charge in [0.15, 0.2) is 5.15 Å². The molecule has 3 rings (SSSR count). The lowest BCUT2D eigenvalue weighted by Gasteiger charge is -2.22. The molecule has 1 aromatic carbocycles. The molecule has 1 aromatic heterocycles. The van der Waals surface area contributed by atoms with Gasteiger partial charge < -0.3 is 10.6 Å². The molecule has 0 bridgehead atoms. The van der Waals surface area contributed by atoms with Crippen LogP contribution in [0, 0.1) is 0 Å². The molecule has 2 N–H and O–H groups in total. The number of benzene rings is 1. The molecule has 1 fully saturated rings. The van der Waals surface area contributed by atoms with Crippen molar-refractivity contribution < 1.29 is 14.4 Å². The van der Waals surface area contributed by atoms with Gasteiger partial charge in [-0.05, 0) is 24.6 Å². The monoisotopic (exact) mass is 358 g/mol. The van der Waals surface area contributed by atoms with Gasteiger partial charge in [-0.1, -0.05) is 41.9 Å². The molecule has 0 radical (unpaired) electrons. The number of carbonyl (C=O) groups excluding carboxylic acids is 3. The van der Waals surface area contributed by atoms with Gasteiger partial charge in [-0.3, -0.25) is 14.5 Å². The summed E-state index contributed by atoms with van der Waals surface area (Å²) in [7, 11) is 0. The number of pyridine rings is 1. The Morgan fingerprint density at radius 3 is 2.64 bits per heavy atom. The van der Waals surface area contributed by atoms with Gasteiger partial charge in [-0.25, -0.2) is 9.78 Å². The van der Waals surface area contributed by atoms with Gasteiger partial charge >= 0.3 is 6.03 Å². The van der Waals surface area contributed by atoms with Crippen LogP contribution in [-0.4, -0.2) is 34.3 Å². The first-order valence-electron chi connectivity index (χ1n) is 7.52. The van der Waals surface area contributed by atoms with Crippen LogP contribution >= 0.6 is 11.6 Å². The minimum atomic E-state index is -1.20. The third-order valence-corrected chi connectivity index (χ3v) is 4.26. The maximum absolute atomic E-state index is 12.7. The predicted molar refractivity (Wildman–Crippen MR) is 91.9 cm³/mol. The Kier molecular flexibility index (Phi) is 4.41. The highest BCUT2D eigenvalue weighted by Crippen LogP contribution is 2.28. The highest BCUT2D eigenvalue weighted by atomic mass is 35.5. The highest BCUT2D eigenvalue weighted by molar-refractivity contribution is 6.32. The smallest absolute Gasteiger partial charge is 0.322 e. The van der Waals surface area contributed by atoms with Gasteiger partial charge in [0, 0.05) is 6.20 Å². The molecule has 1 saturated heterocycles. The molecule has 1 unspecified atom stereocenters. The minimum Gasteiger partial charge on any atom is -0.322 e. The second-order valence-electron chi connectivity index (χ2n) is 5.70. The molecule has 25 heavy (non-hydrogen) atoms. The summed E-state index contributed by atoms with van der Waals surface area (Å²) in [5, 5.41) is 5.31. The average molecular weight is 359 g/mol. The van der Waals surface area contributed by atoms with Crippen molar-refractivity contribution in [3.05, 3.63) is 59.4 Å². The Morgan fingerprint density at radius 2 is 1.96 bits per heavy atom. The maximum atomic E-state index is 12.7. The lowest BCUT2D eigenvalue weighted by molar-refractivity contribution is -0.133. The van der Waals surface area contributed by atoms with Gasteiger partial charge in [0.25, 0.3) is 5.91 Å². The van der Waals surface area contributed by atoms with Crippen molar-refractivity contribution >= 4 is 35.1 Å². The second-order valence-corrected chi connectivity index (χ2v) is 6.06. The van der Waals surface area contributed by atoms with Crippen LogP contribution < -0.4 is 10.6 Å². The number of nitrogens with one attached hydrogen (secondary N) is 2. The van der Waals surface area contributed by atoms with E-state index < -0.39 is 29.9 Å². The third kappa shape index (κ3) is 3.18. The van der Waals surface area contributed by atoms with Gasteiger partial charge in [-0.2, -0.15) is 0 Å². The lowest BCUT2D eigenvalue weighted by Crippen LogP contribution is -2.42. The summed E-state index contributed by atoms with van der Waals surface area (Å²) in [5.41, 5.74) is -0.247. The first-order valence-corrected chi connectivity index (χ1v) is 7.89. The summed E-state index contributed by atoms with van der Waals surface area (Å²) < 4.78 is 0. The van der Waals surface area contributed by atoms with Gasteiger partial charge in [0.1, 0.15) is 12.1 Å². The summed E-state index contributed by atoms with van der Waals surface area (Å²) in [4.78, 5) is 41.8. The maximum Gasteiger partial charge on any atom is 0.325 e. The highest BCUT2D eigenvalue weighted by Gasteiger charge is 2.49. The van der Waals surface area contributed by atoms with E-state index in [1.165, 1.54) is 6.20 Å². The van der Waals surface area contributed by atoms with Crippen molar-refractivity contribution in [2.45, 2.75) is 12.5 Å². The van der Waals surface area contributed by atoms with Crippen LogP contribution in [0.3, 0.4) is 0 Å². The Balaban J connectivity index is 1.75. The SMILES string of the molecule is CC1(c2ccccc2)NC(=O)N(CC(=O)Nc2cccnc2Cl)C1=O. The van der Waals surface area contributed by atoms with Crippen LogP contribution in [0.5, 0.6) is 0 Å². The van der Waals surface area contributed by atoms with Gasteiger partial charge in [0.05, 0.1) is 5.69 Å². The zero-order valence-corrected chi connectivity index (χ0v) is 14.1. The van der Waals surface area contributed by atoms with Crippen LogP contribution in [0.25, 0.3) is 0 Å². The molecular formula is C17H15ClN4O3. The van der Waals surface area contributed by atoms with Gasteiger partial charge in [-0.15, -0.1) is 0 Å². The molecule has 0 saturated carbocycles. The molecule has 2 aromatic rings. The number of rotatable bonds is 4. The summed E-state index contributed by atoms with van der Waals surface area (Å²) in [5.74, 6) is -1.04. The van der Waals surface area contributed by atoms with E-state index in [9.17, 15) is 14.4 Å². The molecule has 0 aliphatic carbocycles. The fourth-order valence-electron chi connectivity index (χ4n) is 2.62. The number of imide groups is 1. The van der Waals surface area contributed by atoms with Crippen molar-refractivity contribution in [2.24, 2.45) is 0 Å². The Bertz CT molecular complexity index is 843. The lowest BCUT2D eigenvalue weighted by atomic mass is 9.92. The number of halogens is 1. The van der Waals surface area contributed by atoms with Crippen LogP contribution in [-0.2, 0) is 15.1 Å². The van der Waals surface area contributed by atoms with Crippen LogP contribution in [0.2, 0.25) is 5.15 Å². The quantitative estimate of drug-likeness (QED) is 0.647. The van der Waals surface area contributed by atoms with Gasteiger partial charge in [0.2, 0.25) is 5.91 Å². The van der Waals surface area contributed by atoms with E-state index in [0.717, 1.165) is 4.90 Å². The predicted octanol–water partition coefficient (Wildman–Crippen LogP) is 2.14. The van der Waals surface area contributed by atoms with Crippen molar-refractivity contribution in [1.82, 2.24) is 15.2 Å². The van der Waals surface area contributed by atoms with E-state index in [1.807, 2.05) is 6.07 Å². The number of hydrogen-bond acceptors (Lipinski definition) is 4. The Morgan fingerprint density at radius 1 is 1.24 bits per heavy atom. The average Bonchev–Trinajstić information content (AvgIpc) is 2.82. The first-order chi connectivity index (χ1) is 11.9. The summed E-state index contributed by atoms with van der Waals surface area (Å²) in [6.07, 6.45) is 1.49. The molecule has 0 spiro atoms. The summed E-state index contributed by atoms with van der Waals surface area (Å²) in [6.45, 7) is 1.19. The molecule has 128 valence electrons. The van der Waals surface area contributed by atoms with E-state index in [0.29, 0.717) is 11.3 Å². The van der Waals surface area contributed by atoms with E-state index in [2.05, 4.69) is 15.6 Å². The van der Waals surface area contributed by atoms with Crippen LogP contribution in [0.15, 0.2) is 48.7 Å². The number of carbonyl (C=O) groups is 3. The molecular weight excluding hydrogens is 344 g/mol. The Hall–Kier alpha value is -2.93. The number of hydrogen-bond donors (Lipinski definition) is 2. The Labute approximate surface area is 149 Å².